The first-order valence-electron chi connectivity index (χ1n) is 7.97. The van der Waals surface area contributed by atoms with Crippen molar-refractivity contribution in [2.45, 2.75) is 0 Å². The standard InChI is InChI=1S/C20H20O6/c1-22-14-5-6-16-15(10-14)19(21)13(11-26-16)7-12-8-17(23-2)20(25-4)18(9-12)24-3/h5-10H,11H2,1-4H3/b13-7-. The fraction of sp³-hybridized carbons (Fsp3) is 0.250. The maximum atomic E-state index is 12.8. The Balaban J connectivity index is 2.01. The minimum absolute atomic E-state index is 0.0982. The summed E-state index contributed by atoms with van der Waals surface area (Å²) in [5.41, 5.74) is 1.76. The van der Waals surface area contributed by atoms with E-state index < -0.39 is 0 Å². The highest BCUT2D eigenvalue weighted by Crippen LogP contribution is 2.39. The van der Waals surface area contributed by atoms with E-state index in [1.54, 1.807) is 64.8 Å². The van der Waals surface area contributed by atoms with Crippen molar-refractivity contribution in [3.05, 3.63) is 47.0 Å². The molecule has 0 saturated carbocycles. The lowest BCUT2D eigenvalue weighted by Gasteiger charge is -2.19. The van der Waals surface area contributed by atoms with Crippen LogP contribution < -0.4 is 23.7 Å². The van der Waals surface area contributed by atoms with Gasteiger partial charge in [0.25, 0.3) is 0 Å². The summed E-state index contributed by atoms with van der Waals surface area (Å²) in [6.45, 7) is 0.189. The van der Waals surface area contributed by atoms with E-state index in [0.29, 0.717) is 39.9 Å². The van der Waals surface area contributed by atoms with E-state index in [2.05, 4.69) is 0 Å². The molecule has 1 aliphatic heterocycles. The molecule has 0 aromatic heterocycles. The Kier molecular flexibility index (Phi) is 5.02. The first-order chi connectivity index (χ1) is 12.6. The number of fused-ring (bicyclic) bond motifs is 1. The van der Waals surface area contributed by atoms with Crippen LogP contribution in [0, 0.1) is 0 Å². The summed E-state index contributed by atoms with van der Waals surface area (Å²) in [6, 6.07) is 8.74. The molecule has 1 aliphatic rings. The number of ketones is 1. The molecule has 2 aromatic carbocycles. The number of carbonyl (C=O) groups excluding carboxylic acids is 1. The zero-order valence-corrected chi connectivity index (χ0v) is 15.1. The molecule has 0 fully saturated rings. The third kappa shape index (κ3) is 3.18. The van der Waals surface area contributed by atoms with Crippen LogP contribution in [-0.4, -0.2) is 40.8 Å². The highest BCUT2D eigenvalue weighted by atomic mass is 16.5. The molecule has 0 amide bonds. The Morgan fingerprint density at radius 1 is 0.923 bits per heavy atom. The van der Waals surface area contributed by atoms with E-state index in [0.717, 1.165) is 5.56 Å². The molecule has 6 nitrogen and oxygen atoms in total. The van der Waals surface area contributed by atoms with Gasteiger partial charge in [0.05, 0.1) is 34.0 Å². The van der Waals surface area contributed by atoms with E-state index in [9.17, 15) is 4.79 Å². The molecule has 3 rings (SSSR count). The molecule has 2 aromatic rings. The highest BCUT2D eigenvalue weighted by molar-refractivity contribution is 6.14. The van der Waals surface area contributed by atoms with Crippen molar-refractivity contribution < 1.29 is 28.5 Å². The zero-order valence-electron chi connectivity index (χ0n) is 15.1. The lowest BCUT2D eigenvalue weighted by Crippen LogP contribution is -2.19. The number of carbonyl (C=O) groups is 1. The molecule has 1 heterocycles. The van der Waals surface area contributed by atoms with E-state index in [1.807, 2.05) is 0 Å². The average Bonchev–Trinajstić information content (AvgIpc) is 2.69. The van der Waals surface area contributed by atoms with Gasteiger partial charge in [-0.25, -0.2) is 0 Å². The molecule has 136 valence electrons. The summed E-state index contributed by atoms with van der Waals surface area (Å²) in [5, 5.41) is 0. The number of methoxy groups -OCH3 is 4. The van der Waals surface area contributed by atoms with Crippen molar-refractivity contribution in [3.63, 3.8) is 0 Å². The normalized spacial score (nSPS) is 14.5. The van der Waals surface area contributed by atoms with Crippen LogP contribution in [0.1, 0.15) is 15.9 Å². The van der Waals surface area contributed by atoms with Gasteiger partial charge in [0.15, 0.2) is 17.3 Å². The molecule has 26 heavy (non-hydrogen) atoms. The molecule has 0 aliphatic carbocycles. The van der Waals surface area contributed by atoms with E-state index in [-0.39, 0.29) is 12.4 Å². The minimum Gasteiger partial charge on any atom is -0.497 e. The number of Topliss-reactive ketones (excluding diaryl/α,β-unsaturated/α-hetero) is 1. The van der Waals surface area contributed by atoms with Gasteiger partial charge in [0.2, 0.25) is 5.75 Å². The monoisotopic (exact) mass is 356 g/mol. The van der Waals surface area contributed by atoms with Crippen LogP contribution >= 0.6 is 0 Å². The van der Waals surface area contributed by atoms with E-state index in [1.165, 1.54) is 0 Å². The Bertz CT molecular complexity index is 844. The van der Waals surface area contributed by atoms with Gasteiger partial charge in [0.1, 0.15) is 18.1 Å². The molecule has 0 radical (unpaired) electrons. The lowest BCUT2D eigenvalue weighted by molar-refractivity contribution is 0.100. The van der Waals surface area contributed by atoms with Crippen molar-refractivity contribution in [1.82, 2.24) is 0 Å². The second-order valence-corrected chi connectivity index (χ2v) is 5.61. The van der Waals surface area contributed by atoms with Crippen LogP contribution in [-0.2, 0) is 0 Å². The van der Waals surface area contributed by atoms with Gasteiger partial charge < -0.3 is 23.7 Å². The van der Waals surface area contributed by atoms with Crippen molar-refractivity contribution in [2.24, 2.45) is 0 Å². The maximum absolute atomic E-state index is 12.8. The first-order valence-corrected chi connectivity index (χ1v) is 7.97. The molecule has 0 unspecified atom stereocenters. The highest BCUT2D eigenvalue weighted by Gasteiger charge is 2.24. The Hall–Kier alpha value is -3.15. The van der Waals surface area contributed by atoms with Gasteiger partial charge in [-0.1, -0.05) is 0 Å². The zero-order chi connectivity index (χ0) is 18.7. The largest absolute Gasteiger partial charge is 0.497 e. The summed E-state index contributed by atoms with van der Waals surface area (Å²) < 4.78 is 26.9. The van der Waals surface area contributed by atoms with E-state index in [4.69, 9.17) is 23.7 Å². The van der Waals surface area contributed by atoms with Gasteiger partial charge >= 0.3 is 0 Å². The summed E-state index contributed by atoms with van der Waals surface area (Å²) >= 11 is 0. The van der Waals surface area contributed by atoms with Crippen LogP contribution in [0.2, 0.25) is 0 Å². The van der Waals surface area contributed by atoms with Crippen LogP contribution in [0.5, 0.6) is 28.7 Å². The second kappa shape index (κ2) is 7.39. The molecular weight excluding hydrogens is 336 g/mol. The van der Waals surface area contributed by atoms with Crippen LogP contribution in [0.4, 0.5) is 0 Å². The van der Waals surface area contributed by atoms with Crippen molar-refractivity contribution in [2.75, 3.05) is 35.0 Å². The number of benzene rings is 2. The van der Waals surface area contributed by atoms with Gasteiger partial charge in [-0.05, 0) is 42.0 Å². The third-order valence-corrected chi connectivity index (χ3v) is 4.13. The van der Waals surface area contributed by atoms with Crippen molar-refractivity contribution in [1.29, 1.82) is 0 Å². The molecule has 0 saturated heterocycles. The predicted octanol–water partition coefficient (Wildman–Crippen LogP) is 3.38. The van der Waals surface area contributed by atoms with Gasteiger partial charge in [0, 0.05) is 5.57 Å². The fourth-order valence-electron chi connectivity index (χ4n) is 2.83. The number of hydrogen-bond donors (Lipinski definition) is 0. The summed E-state index contributed by atoms with van der Waals surface area (Å²) in [6.07, 6.45) is 1.76. The Morgan fingerprint density at radius 2 is 1.62 bits per heavy atom. The topological polar surface area (TPSA) is 63.2 Å². The Morgan fingerprint density at radius 3 is 2.19 bits per heavy atom. The Labute approximate surface area is 151 Å². The molecule has 0 N–H and O–H groups in total. The smallest absolute Gasteiger partial charge is 0.203 e. The van der Waals surface area contributed by atoms with Crippen LogP contribution in [0.25, 0.3) is 6.08 Å². The molecule has 6 heteroatoms. The van der Waals surface area contributed by atoms with Crippen LogP contribution in [0.15, 0.2) is 35.9 Å². The van der Waals surface area contributed by atoms with Gasteiger partial charge in [-0.2, -0.15) is 0 Å². The quantitative estimate of drug-likeness (QED) is 0.766. The van der Waals surface area contributed by atoms with Crippen molar-refractivity contribution in [3.8, 4) is 28.7 Å². The van der Waals surface area contributed by atoms with Crippen molar-refractivity contribution >= 4 is 11.9 Å². The molecular formula is C20H20O6. The minimum atomic E-state index is -0.0982. The summed E-state index contributed by atoms with van der Waals surface area (Å²) in [5.74, 6) is 2.60. The van der Waals surface area contributed by atoms with Gasteiger partial charge in [-0.15, -0.1) is 0 Å². The van der Waals surface area contributed by atoms with Crippen LogP contribution in [0.3, 0.4) is 0 Å². The summed E-state index contributed by atoms with van der Waals surface area (Å²) in [7, 11) is 6.20. The number of hydrogen-bond acceptors (Lipinski definition) is 6. The first kappa shape index (κ1) is 17.7. The lowest BCUT2D eigenvalue weighted by atomic mass is 9.98. The van der Waals surface area contributed by atoms with E-state index >= 15 is 0 Å². The fourth-order valence-corrected chi connectivity index (χ4v) is 2.83. The molecule has 0 spiro atoms. The average molecular weight is 356 g/mol. The third-order valence-electron chi connectivity index (χ3n) is 4.13. The number of ether oxygens (including phenoxy) is 5. The predicted molar refractivity (Wildman–Crippen MR) is 96.9 cm³/mol. The summed E-state index contributed by atoms with van der Waals surface area (Å²) in [4.78, 5) is 12.8. The van der Waals surface area contributed by atoms with Gasteiger partial charge in [-0.3, -0.25) is 4.79 Å². The second-order valence-electron chi connectivity index (χ2n) is 5.61. The number of rotatable bonds is 5. The SMILES string of the molecule is COc1ccc2c(c1)C(=O)/C(=C\c1cc(OC)c(OC)c(OC)c1)CO2. The molecule has 0 atom stereocenters. The molecule has 0 bridgehead atoms. The maximum Gasteiger partial charge on any atom is 0.203 e.